The molecule has 3 rings (SSSR count). The molecule has 0 atom stereocenters. The molecule has 2 heterocycles. The standard InChI is InChI=1S/C18H23N3O3S/c1-14-13-25-18(23)21(14)12-17(22)19-10-15-2-4-16(5-3-15)11-20-6-8-24-9-7-20/h2-5,13H,6-12H2,1H3,(H,19,22). The number of benzene rings is 1. The van der Waals surface area contributed by atoms with Crippen LogP contribution in [0.25, 0.3) is 0 Å². The van der Waals surface area contributed by atoms with Crippen molar-refractivity contribution in [3.05, 3.63) is 56.1 Å². The number of nitrogens with one attached hydrogen (secondary N) is 1. The summed E-state index contributed by atoms with van der Waals surface area (Å²) in [5.74, 6) is -0.152. The van der Waals surface area contributed by atoms with Crippen LogP contribution in [0.4, 0.5) is 0 Å². The third kappa shape index (κ3) is 5.01. The van der Waals surface area contributed by atoms with Crippen LogP contribution in [0, 0.1) is 6.92 Å². The second kappa shape index (κ2) is 8.42. The highest BCUT2D eigenvalue weighted by atomic mass is 32.1. The quantitative estimate of drug-likeness (QED) is 0.844. The Balaban J connectivity index is 1.48. The second-order valence-corrected chi connectivity index (χ2v) is 7.03. The number of amides is 1. The molecule has 1 aromatic carbocycles. The minimum atomic E-state index is -0.152. The average molecular weight is 361 g/mol. The zero-order valence-corrected chi connectivity index (χ0v) is 15.2. The third-order valence-electron chi connectivity index (χ3n) is 4.30. The van der Waals surface area contributed by atoms with Crippen LogP contribution < -0.4 is 10.2 Å². The number of ether oxygens (including phenoxy) is 1. The van der Waals surface area contributed by atoms with Crippen LogP contribution >= 0.6 is 11.3 Å². The largest absolute Gasteiger partial charge is 0.379 e. The predicted octanol–water partition coefficient (Wildman–Crippen LogP) is 1.37. The first-order chi connectivity index (χ1) is 12.1. The van der Waals surface area contributed by atoms with Gasteiger partial charge in [-0.3, -0.25) is 19.1 Å². The molecule has 2 aromatic rings. The van der Waals surface area contributed by atoms with Gasteiger partial charge in [0, 0.05) is 37.3 Å². The summed E-state index contributed by atoms with van der Waals surface area (Å²) in [5.41, 5.74) is 3.13. The summed E-state index contributed by atoms with van der Waals surface area (Å²) in [7, 11) is 0. The first kappa shape index (κ1) is 17.8. The van der Waals surface area contributed by atoms with Crippen LogP contribution in [-0.2, 0) is 29.2 Å². The number of rotatable bonds is 6. The Morgan fingerprint density at radius 1 is 1.20 bits per heavy atom. The molecule has 1 amide bonds. The molecule has 0 radical (unpaired) electrons. The summed E-state index contributed by atoms with van der Waals surface area (Å²) in [6.45, 7) is 6.85. The van der Waals surface area contributed by atoms with Crippen molar-refractivity contribution in [1.29, 1.82) is 0 Å². The molecule has 25 heavy (non-hydrogen) atoms. The van der Waals surface area contributed by atoms with E-state index in [-0.39, 0.29) is 17.3 Å². The molecule has 0 spiro atoms. The van der Waals surface area contributed by atoms with E-state index < -0.39 is 0 Å². The fourth-order valence-electron chi connectivity index (χ4n) is 2.78. The van der Waals surface area contributed by atoms with E-state index in [2.05, 4.69) is 22.3 Å². The van der Waals surface area contributed by atoms with Gasteiger partial charge in [0.25, 0.3) is 0 Å². The maximum Gasteiger partial charge on any atom is 0.307 e. The number of aromatic nitrogens is 1. The van der Waals surface area contributed by atoms with Gasteiger partial charge in [0.05, 0.1) is 13.2 Å². The number of hydrogen-bond acceptors (Lipinski definition) is 5. The number of carbonyl (C=O) groups is 1. The molecule has 0 bridgehead atoms. The van der Waals surface area contributed by atoms with Gasteiger partial charge < -0.3 is 10.1 Å². The van der Waals surface area contributed by atoms with Gasteiger partial charge in [-0.2, -0.15) is 0 Å². The van der Waals surface area contributed by atoms with Crippen LogP contribution in [0.5, 0.6) is 0 Å². The minimum absolute atomic E-state index is 0.0727. The number of nitrogens with zero attached hydrogens (tertiary/aromatic N) is 2. The fraction of sp³-hybridized carbons (Fsp3) is 0.444. The lowest BCUT2D eigenvalue weighted by molar-refractivity contribution is -0.121. The number of thiazole rings is 1. The number of carbonyl (C=O) groups excluding carboxylic acids is 1. The van der Waals surface area contributed by atoms with Gasteiger partial charge in [0.1, 0.15) is 6.54 Å². The lowest BCUT2D eigenvalue weighted by Gasteiger charge is -2.26. The van der Waals surface area contributed by atoms with Crippen molar-refractivity contribution >= 4 is 17.2 Å². The molecule has 0 aliphatic carbocycles. The van der Waals surface area contributed by atoms with Crippen molar-refractivity contribution in [2.24, 2.45) is 0 Å². The Kier molecular flexibility index (Phi) is 6.01. The van der Waals surface area contributed by atoms with Gasteiger partial charge in [0.2, 0.25) is 5.91 Å². The van der Waals surface area contributed by atoms with Crippen LogP contribution in [-0.4, -0.2) is 41.7 Å². The minimum Gasteiger partial charge on any atom is -0.379 e. The highest BCUT2D eigenvalue weighted by molar-refractivity contribution is 7.07. The molecular weight excluding hydrogens is 338 g/mol. The molecule has 1 saturated heterocycles. The third-order valence-corrected chi connectivity index (χ3v) is 5.18. The molecule has 7 heteroatoms. The zero-order chi connectivity index (χ0) is 17.6. The summed E-state index contributed by atoms with van der Waals surface area (Å²) < 4.78 is 6.85. The summed E-state index contributed by atoms with van der Waals surface area (Å²) in [4.78, 5) is 26.0. The summed E-state index contributed by atoms with van der Waals surface area (Å²) in [6.07, 6.45) is 0. The zero-order valence-electron chi connectivity index (χ0n) is 14.4. The van der Waals surface area contributed by atoms with Gasteiger partial charge >= 0.3 is 4.87 Å². The molecule has 6 nitrogen and oxygen atoms in total. The first-order valence-corrected chi connectivity index (χ1v) is 9.29. The molecule has 0 saturated carbocycles. The van der Waals surface area contributed by atoms with Gasteiger partial charge in [-0.1, -0.05) is 35.6 Å². The van der Waals surface area contributed by atoms with Crippen molar-refractivity contribution in [2.75, 3.05) is 26.3 Å². The average Bonchev–Trinajstić information content (AvgIpc) is 2.94. The Bertz CT molecular complexity index is 761. The molecular formula is C18H23N3O3S. The first-order valence-electron chi connectivity index (χ1n) is 8.41. The topological polar surface area (TPSA) is 63.6 Å². The van der Waals surface area contributed by atoms with E-state index in [1.54, 1.807) is 5.38 Å². The number of hydrogen-bond donors (Lipinski definition) is 1. The van der Waals surface area contributed by atoms with Crippen LogP contribution in [0.3, 0.4) is 0 Å². The van der Waals surface area contributed by atoms with Gasteiger partial charge in [-0.15, -0.1) is 0 Å². The normalized spacial score (nSPS) is 15.2. The Morgan fingerprint density at radius 2 is 1.88 bits per heavy atom. The number of aryl methyl sites for hydroxylation is 1. The lowest BCUT2D eigenvalue weighted by atomic mass is 10.1. The SMILES string of the molecule is Cc1csc(=O)n1CC(=O)NCc1ccc(CN2CCOCC2)cc1. The van der Waals surface area contributed by atoms with Crippen LogP contribution in [0.1, 0.15) is 16.8 Å². The van der Waals surface area contributed by atoms with Crippen molar-refractivity contribution < 1.29 is 9.53 Å². The van der Waals surface area contributed by atoms with E-state index in [4.69, 9.17) is 4.74 Å². The summed E-state index contributed by atoms with van der Waals surface area (Å²) in [5, 5.41) is 4.64. The maximum absolute atomic E-state index is 12.0. The Labute approximate surface area is 151 Å². The predicted molar refractivity (Wildman–Crippen MR) is 97.7 cm³/mol. The summed E-state index contributed by atoms with van der Waals surface area (Å²) >= 11 is 1.12. The highest BCUT2D eigenvalue weighted by Crippen LogP contribution is 2.09. The van der Waals surface area contributed by atoms with E-state index in [0.29, 0.717) is 6.54 Å². The second-order valence-electron chi connectivity index (χ2n) is 6.21. The van der Waals surface area contributed by atoms with Crippen molar-refractivity contribution in [2.45, 2.75) is 26.6 Å². The van der Waals surface area contributed by atoms with E-state index in [1.807, 2.05) is 19.1 Å². The van der Waals surface area contributed by atoms with Crippen LogP contribution in [0.2, 0.25) is 0 Å². The van der Waals surface area contributed by atoms with Crippen molar-refractivity contribution in [3.8, 4) is 0 Å². The molecule has 1 aromatic heterocycles. The highest BCUT2D eigenvalue weighted by Gasteiger charge is 2.11. The molecule has 1 aliphatic rings. The summed E-state index contributed by atoms with van der Waals surface area (Å²) in [6, 6.07) is 8.28. The molecule has 134 valence electrons. The van der Waals surface area contributed by atoms with E-state index in [1.165, 1.54) is 10.1 Å². The smallest absolute Gasteiger partial charge is 0.307 e. The van der Waals surface area contributed by atoms with E-state index in [0.717, 1.165) is 55.4 Å². The van der Waals surface area contributed by atoms with Crippen molar-refractivity contribution in [1.82, 2.24) is 14.8 Å². The number of morpholine rings is 1. The van der Waals surface area contributed by atoms with Crippen molar-refractivity contribution in [3.63, 3.8) is 0 Å². The molecule has 1 N–H and O–H groups in total. The maximum atomic E-state index is 12.0. The van der Waals surface area contributed by atoms with Crippen LogP contribution in [0.15, 0.2) is 34.4 Å². The Morgan fingerprint density at radius 3 is 2.52 bits per heavy atom. The molecule has 0 unspecified atom stereocenters. The van der Waals surface area contributed by atoms with Gasteiger partial charge in [0.15, 0.2) is 0 Å². The van der Waals surface area contributed by atoms with Gasteiger partial charge in [-0.25, -0.2) is 0 Å². The van der Waals surface area contributed by atoms with E-state index in [9.17, 15) is 9.59 Å². The monoisotopic (exact) mass is 361 g/mol. The Hall–Kier alpha value is -1.96. The fourth-order valence-corrected chi connectivity index (χ4v) is 3.51. The molecule has 1 aliphatic heterocycles. The molecule has 1 fully saturated rings. The van der Waals surface area contributed by atoms with E-state index >= 15 is 0 Å². The van der Waals surface area contributed by atoms with Gasteiger partial charge in [-0.05, 0) is 18.1 Å². The lowest BCUT2D eigenvalue weighted by Crippen LogP contribution is -2.35.